The van der Waals surface area contributed by atoms with Crippen molar-refractivity contribution in [2.45, 2.75) is 52.1 Å². The molecule has 1 saturated carbocycles. The zero-order chi connectivity index (χ0) is 24.1. The molecule has 6 nitrogen and oxygen atoms in total. The second kappa shape index (κ2) is 10.4. The lowest BCUT2D eigenvalue weighted by molar-refractivity contribution is 0.0635. The van der Waals surface area contributed by atoms with E-state index in [4.69, 9.17) is 4.74 Å². The molecule has 2 aromatic carbocycles. The van der Waals surface area contributed by atoms with Crippen LogP contribution in [-0.4, -0.2) is 42.1 Å². The van der Waals surface area contributed by atoms with E-state index in [2.05, 4.69) is 21.6 Å². The van der Waals surface area contributed by atoms with Crippen LogP contribution in [0.3, 0.4) is 0 Å². The molecule has 180 valence electrons. The highest BCUT2D eigenvalue weighted by Crippen LogP contribution is 2.31. The Bertz CT molecular complexity index is 1040. The molecule has 4 rings (SSSR count). The number of carbonyl (C=O) groups excluding carboxylic acids is 2. The first-order chi connectivity index (χ1) is 16.2. The first-order valence-electron chi connectivity index (χ1n) is 12.2. The van der Waals surface area contributed by atoms with E-state index in [9.17, 15) is 9.59 Å². The number of rotatable bonds is 6. The summed E-state index contributed by atoms with van der Waals surface area (Å²) < 4.78 is 5.32. The van der Waals surface area contributed by atoms with Gasteiger partial charge in [-0.25, -0.2) is 4.79 Å². The molecule has 1 aliphatic carbocycles. The summed E-state index contributed by atoms with van der Waals surface area (Å²) in [4.78, 5) is 27.6. The Morgan fingerprint density at radius 1 is 0.971 bits per heavy atom. The van der Waals surface area contributed by atoms with Gasteiger partial charge in [0.25, 0.3) is 5.91 Å². The summed E-state index contributed by atoms with van der Waals surface area (Å²) in [6.45, 7) is 8.99. The minimum Gasteiger partial charge on any atom is -0.444 e. The average molecular weight is 462 g/mol. The molecule has 2 N–H and O–H groups in total. The van der Waals surface area contributed by atoms with Gasteiger partial charge in [0.15, 0.2) is 0 Å². The fourth-order valence-electron chi connectivity index (χ4n) is 4.11. The van der Waals surface area contributed by atoms with Crippen LogP contribution in [0.5, 0.6) is 0 Å². The molecule has 0 atom stereocenters. The van der Waals surface area contributed by atoms with E-state index in [0.717, 1.165) is 37.4 Å². The highest BCUT2D eigenvalue weighted by Gasteiger charge is 2.25. The first kappa shape index (κ1) is 24.0. The van der Waals surface area contributed by atoms with Gasteiger partial charge >= 0.3 is 6.09 Å². The number of hydrogen-bond donors (Lipinski definition) is 2. The number of anilines is 2. The number of nitrogens with one attached hydrogen (secondary N) is 2. The van der Waals surface area contributed by atoms with Gasteiger partial charge in [0.2, 0.25) is 0 Å². The van der Waals surface area contributed by atoms with Crippen molar-refractivity contribution in [2.75, 3.05) is 30.3 Å². The standard InChI is InChI=1S/C28H35N3O3/c1-28(2,3)34-27(33)30-25-7-5-4-6-24(25)29-26(32)23-12-10-20(11-13-23)18-21-14-16-31(17-15-21)19-22-8-9-22/h4-7,10-13,18,22H,8-9,14-17,19H2,1-3H3,(H,29,32)(H,30,33). The molecule has 0 aromatic heterocycles. The molecular weight excluding hydrogens is 426 g/mol. The highest BCUT2D eigenvalue weighted by atomic mass is 16.6. The lowest BCUT2D eigenvalue weighted by Gasteiger charge is -2.28. The molecule has 0 radical (unpaired) electrons. The van der Waals surface area contributed by atoms with E-state index >= 15 is 0 Å². The van der Waals surface area contributed by atoms with Gasteiger partial charge in [-0.3, -0.25) is 10.1 Å². The molecule has 0 bridgehead atoms. The fraction of sp³-hybridized carbons (Fsp3) is 0.429. The number of likely N-dealkylation sites (tertiary alicyclic amines) is 1. The quantitative estimate of drug-likeness (QED) is 0.539. The maximum absolute atomic E-state index is 12.8. The normalized spacial score (nSPS) is 16.6. The van der Waals surface area contributed by atoms with E-state index in [1.54, 1.807) is 45.0 Å². The van der Waals surface area contributed by atoms with Crippen LogP contribution >= 0.6 is 0 Å². The predicted molar refractivity (Wildman–Crippen MR) is 137 cm³/mol. The third-order valence-electron chi connectivity index (χ3n) is 6.07. The Hall–Kier alpha value is -3.12. The smallest absolute Gasteiger partial charge is 0.412 e. The van der Waals surface area contributed by atoms with Crippen molar-refractivity contribution in [1.29, 1.82) is 0 Å². The van der Waals surface area contributed by atoms with Crippen molar-refractivity contribution in [3.8, 4) is 0 Å². The minimum absolute atomic E-state index is 0.231. The molecule has 2 aromatic rings. The van der Waals surface area contributed by atoms with Crippen LogP contribution in [0.1, 0.15) is 62.4 Å². The van der Waals surface area contributed by atoms with Crippen molar-refractivity contribution >= 4 is 29.5 Å². The second-order valence-corrected chi connectivity index (χ2v) is 10.3. The van der Waals surface area contributed by atoms with Gasteiger partial charge in [0.1, 0.15) is 5.60 Å². The average Bonchev–Trinajstić information content (AvgIpc) is 3.60. The monoisotopic (exact) mass is 461 g/mol. The molecule has 1 saturated heterocycles. The lowest BCUT2D eigenvalue weighted by Crippen LogP contribution is -2.32. The Kier molecular flexibility index (Phi) is 7.37. The molecule has 0 spiro atoms. The van der Waals surface area contributed by atoms with Crippen LogP contribution in [0.25, 0.3) is 6.08 Å². The number of piperidine rings is 1. The van der Waals surface area contributed by atoms with E-state index in [1.807, 2.05) is 24.3 Å². The summed E-state index contributed by atoms with van der Waals surface area (Å²) in [5.74, 6) is 0.718. The van der Waals surface area contributed by atoms with Gasteiger partial charge in [0.05, 0.1) is 11.4 Å². The Balaban J connectivity index is 1.34. The number of nitrogens with zero attached hydrogens (tertiary/aromatic N) is 1. The molecule has 2 amide bonds. The minimum atomic E-state index is -0.604. The molecule has 2 fully saturated rings. The van der Waals surface area contributed by atoms with Gasteiger partial charge in [0, 0.05) is 25.2 Å². The van der Waals surface area contributed by atoms with Crippen LogP contribution in [-0.2, 0) is 4.74 Å². The van der Waals surface area contributed by atoms with Gasteiger partial charge in [-0.05, 0) is 82.2 Å². The van der Waals surface area contributed by atoms with E-state index in [0.29, 0.717) is 16.9 Å². The van der Waals surface area contributed by atoms with E-state index in [-0.39, 0.29) is 5.91 Å². The SMILES string of the molecule is CC(C)(C)OC(=O)Nc1ccccc1NC(=O)c1ccc(C=C2CCN(CC3CC3)CC2)cc1. The summed E-state index contributed by atoms with van der Waals surface area (Å²) in [5, 5.41) is 5.60. The molecule has 0 unspecified atom stereocenters. The number of para-hydroxylation sites is 2. The maximum Gasteiger partial charge on any atom is 0.412 e. The van der Waals surface area contributed by atoms with E-state index < -0.39 is 11.7 Å². The zero-order valence-electron chi connectivity index (χ0n) is 20.4. The lowest BCUT2D eigenvalue weighted by atomic mass is 10.00. The van der Waals surface area contributed by atoms with Crippen LogP contribution in [0.15, 0.2) is 54.1 Å². The Labute approximate surface area is 202 Å². The summed E-state index contributed by atoms with van der Waals surface area (Å²) in [5.41, 5.74) is 3.56. The van der Waals surface area contributed by atoms with Gasteiger partial charge in [-0.1, -0.05) is 35.9 Å². The summed E-state index contributed by atoms with van der Waals surface area (Å²) in [7, 11) is 0. The molecule has 34 heavy (non-hydrogen) atoms. The van der Waals surface area contributed by atoms with Gasteiger partial charge in [-0.15, -0.1) is 0 Å². The van der Waals surface area contributed by atoms with Crippen LogP contribution in [0, 0.1) is 5.92 Å². The molecule has 1 aliphatic heterocycles. The van der Waals surface area contributed by atoms with Crippen LogP contribution < -0.4 is 10.6 Å². The Morgan fingerprint density at radius 3 is 2.18 bits per heavy atom. The van der Waals surface area contributed by atoms with Crippen molar-refractivity contribution in [1.82, 2.24) is 4.90 Å². The largest absolute Gasteiger partial charge is 0.444 e. The number of carbonyl (C=O) groups is 2. The summed E-state index contributed by atoms with van der Waals surface area (Å²) in [6.07, 6.45) is 6.75. The summed E-state index contributed by atoms with van der Waals surface area (Å²) in [6, 6.07) is 14.7. The number of hydrogen-bond acceptors (Lipinski definition) is 4. The third-order valence-corrected chi connectivity index (χ3v) is 6.07. The van der Waals surface area contributed by atoms with Crippen molar-refractivity contribution in [3.63, 3.8) is 0 Å². The maximum atomic E-state index is 12.8. The number of amides is 2. The van der Waals surface area contributed by atoms with Crippen LogP contribution in [0.2, 0.25) is 0 Å². The van der Waals surface area contributed by atoms with Crippen molar-refractivity contribution in [2.24, 2.45) is 5.92 Å². The topological polar surface area (TPSA) is 70.7 Å². The molecule has 1 heterocycles. The zero-order valence-corrected chi connectivity index (χ0v) is 20.4. The fourth-order valence-corrected chi connectivity index (χ4v) is 4.11. The number of ether oxygens (including phenoxy) is 1. The van der Waals surface area contributed by atoms with Crippen molar-refractivity contribution < 1.29 is 14.3 Å². The molecular formula is C28H35N3O3. The highest BCUT2D eigenvalue weighted by molar-refractivity contribution is 6.07. The van der Waals surface area contributed by atoms with Crippen molar-refractivity contribution in [3.05, 3.63) is 65.2 Å². The Morgan fingerprint density at radius 2 is 1.59 bits per heavy atom. The van der Waals surface area contributed by atoms with Gasteiger partial charge < -0.3 is 15.0 Å². The number of benzene rings is 2. The predicted octanol–water partition coefficient (Wildman–Crippen LogP) is 6.18. The van der Waals surface area contributed by atoms with E-state index in [1.165, 1.54) is 25.0 Å². The van der Waals surface area contributed by atoms with Gasteiger partial charge in [-0.2, -0.15) is 0 Å². The third kappa shape index (κ3) is 7.19. The first-order valence-corrected chi connectivity index (χ1v) is 12.2. The second-order valence-electron chi connectivity index (χ2n) is 10.3. The van der Waals surface area contributed by atoms with Crippen LogP contribution in [0.4, 0.5) is 16.2 Å². The molecule has 2 aliphatic rings. The summed E-state index contributed by atoms with van der Waals surface area (Å²) >= 11 is 0. The molecule has 6 heteroatoms.